The molecule has 0 bridgehead atoms. The molecule has 1 unspecified atom stereocenters. The number of rotatable bonds is 10. The number of hydrogen-bond donors (Lipinski definition) is 7. The van der Waals surface area contributed by atoms with Crippen molar-refractivity contribution < 1.29 is 62.8 Å². The van der Waals surface area contributed by atoms with Crippen molar-refractivity contribution in [2.24, 2.45) is 0 Å². The number of aliphatic hydroxyl groups is 4. The zero-order valence-corrected chi connectivity index (χ0v) is 25.6. The molecular weight excluding hydrogens is 706 g/mol. The molecule has 2 fully saturated rings. The molecule has 0 amide bonds. The molecule has 4 heterocycles. The number of aromatic nitrogens is 4. The third-order valence-corrected chi connectivity index (χ3v) is 10.4. The first-order valence-corrected chi connectivity index (χ1v) is 17.6. The van der Waals surface area contributed by atoms with Crippen LogP contribution < -0.4 is 5.56 Å². The summed E-state index contributed by atoms with van der Waals surface area (Å²) in [7, 11) is -4.91. The van der Waals surface area contributed by atoms with E-state index in [2.05, 4.69) is 30.4 Å². The number of benzene rings is 1. The van der Waals surface area contributed by atoms with Crippen LogP contribution in [0.5, 0.6) is 0 Å². The standard InChI is InChI=1S/C21H25BrN4O14P2S/c22-21-24-12-17(23-8-25(18(12)31)19-15(29)13(27)10(39-19)6-37-41(32,33)34)26(21)20-16(30)14(28)11(40-20)7-38-42(35,36)43-9-4-2-1-3-5-9/h1-5,8,10-11,13-16,19-20,27-30H,6-7H2,(H,35,36)(H2,32,33,34)/t10-,11-,13-,14-,15-,16-,19-,20-/m1/s1. The number of ether oxygens (including phenoxy) is 2. The van der Waals surface area contributed by atoms with Gasteiger partial charge < -0.3 is 44.6 Å². The largest absolute Gasteiger partial charge is 0.469 e. The zero-order valence-electron chi connectivity index (χ0n) is 21.5. The quantitative estimate of drug-likeness (QED) is 0.103. The summed E-state index contributed by atoms with van der Waals surface area (Å²) in [5.41, 5.74) is -1.31. The van der Waals surface area contributed by atoms with E-state index in [1.165, 1.54) is 0 Å². The highest BCUT2D eigenvalue weighted by molar-refractivity contribution is 9.10. The van der Waals surface area contributed by atoms with Gasteiger partial charge in [0.1, 0.15) is 43.0 Å². The third-order valence-electron chi connectivity index (χ3n) is 6.56. The van der Waals surface area contributed by atoms with Crippen LogP contribution in [0.2, 0.25) is 0 Å². The number of hydrogen-bond acceptors (Lipinski definition) is 14. The molecule has 2 aliphatic heterocycles. The predicted octanol–water partition coefficient (Wildman–Crippen LogP) is -0.388. The highest BCUT2D eigenvalue weighted by atomic mass is 79.9. The lowest BCUT2D eigenvalue weighted by atomic mass is 10.1. The maximum atomic E-state index is 13.3. The van der Waals surface area contributed by atoms with Crippen LogP contribution in [-0.4, -0.2) is 104 Å². The molecule has 18 nitrogen and oxygen atoms in total. The van der Waals surface area contributed by atoms with E-state index in [4.69, 9.17) is 23.8 Å². The first-order chi connectivity index (χ1) is 20.2. The van der Waals surface area contributed by atoms with E-state index in [0.717, 1.165) is 15.5 Å². The number of nitrogens with zero attached hydrogens (tertiary/aromatic N) is 4. The first-order valence-electron chi connectivity index (χ1n) is 12.3. The van der Waals surface area contributed by atoms with Crippen LogP contribution in [0.15, 0.2) is 51.1 Å². The highest BCUT2D eigenvalue weighted by Crippen LogP contribution is 2.59. The molecule has 2 saturated heterocycles. The van der Waals surface area contributed by atoms with Gasteiger partial charge in [0.25, 0.3) is 5.56 Å². The highest BCUT2D eigenvalue weighted by Gasteiger charge is 2.47. The maximum Gasteiger partial charge on any atom is 0.469 e. The Bertz CT molecular complexity index is 1620. The van der Waals surface area contributed by atoms with Gasteiger partial charge in [-0.1, -0.05) is 18.2 Å². The van der Waals surface area contributed by atoms with Gasteiger partial charge in [-0.25, -0.2) is 19.1 Å². The van der Waals surface area contributed by atoms with Gasteiger partial charge in [-0.15, -0.1) is 0 Å². The predicted molar refractivity (Wildman–Crippen MR) is 147 cm³/mol. The SMILES string of the molecule is O=c1c2nc(Br)n([C@@H]3O[C@H](COP(=O)(O)Sc4ccccc4)[C@@H](O)[C@H]3O)c2ncn1[C@@H]1O[C@H](COP(=O)(O)O)[C@@H](O)[C@H]1O. The van der Waals surface area contributed by atoms with Crippen molar-refractivity contribution in [3.05, 3.63) is 51.7 Å². The van der Waals surface area contributed by atoms with Crippen LogP contribution in [0, 0.1) is 0 Å². The molecule has 3 aromatic rings. The Kier molecular flexibility index (Phi) is 9.66. The molecule has 236 valence electrons. The van der Waals surface area contributed by atoms with Crippen LogP contribution in [0.25, 0.3) is 11.2 Å². The van der Waals surface area contributed by atoms with Crippen LogP contribution in [-0.2, 0) is 27.7 Å². The van der Waals surface area contributed by atoms with E-state index in [0.29, 0.717) is 16.3 Å². The van der Waals surface area contributed by atoms with Crippen molar-refractivity contribution in [3.8, 4) is 0 Å². The summed E-state index contributed by atoms with van der Waals surface area (Å²) in [4.78, 5) is 50.1. The monoisotopic (exact) mass is 730 g/mol. The smallest absolute Gasteiger partial charge is 0.387 e. The van der Waals surface area contributed by atoms with Crippen molar-refractivity contribution in [2.45, 2.75) is 54.0 Å². The summed E-state index contributed by atoms with van der Waals surface area (Å²) < 4.78 is 46.1. The van der Waals surface area contributed by atoms with Crippen LogP contribution in [0.4, 0.5) is 0 Å². The number of phosphoric acid groups is 1. The fourth-order valence-corrected chi connectivity index (χ4v) is 7.85. The molecular formula is C21H25BrN4O14P2S. The van der Waals surface area contributed by atoms with Gasteiger partial charge in [0.15, 0.2) is 28.4 Å². The summed E-state index contributed by atoms with van der Waals surface area (Å²) in [5, 5.41) is 42.0. The lowest BCUT2D eigenvalue weighted by Gasteiger charge is -2.19. The van der Waals surface area contributed by atoms with Crippen LogP contribution in [0.1, 0.15) is 12.5 Å². The molecule has 0 saturated carbocycles. The molecule has 9 atom stereocenters. The fourth-order valence-electron chi connectivity index (χ4n) is 4.52. The number of halogens is 1. The van der Waals surface area contributed by atoms with E-state index >= 15 is 0 Å². The normalized spacial score (nSPS) is 31.1. The minimum Gasteiger partial charge on any atom is -0.387 e. The van der Waals surface area contributed by atoms with E-state index < -0.39 is 82.5 Å². The van der Waals surface area contributed by atoms with Gasteiger partial charge in [0.05, 0.1) is 13.2 Å². The summed E-state index contributed by atoms with van der Waals surface area (Å²) in [6.45, 7) is -5.59. The summed E-state index contributed by atoms with van der Waals surface area (Å²) >= 11 is 3.75. The Morgan fingerprint density at radius 1 is 0.907 bits per heavy atom. The van der Waals surface area contributed by atoms with E-state index in [9.17, 15) is 39.2 Å². The molecule has 1 aromatic carbocycles. The van der Waals surface area contributed by atoms with Gasteiger partial charge in [0.2, 0.25) is 0 Å². The van der Waals surface area contributed by atoms with Crippen molar-refractivity contribution in [1.29, 1.82) is 0 Å². The second kappa shape index (κ2) is 12.7. The lowest BCUT2D eigenvalue weighted by Crippen LogP contribution is -2.36. The molecule has 2 aliphatic rings. The Morgan fingerprint density at radius 2 is 1.49 bits per heavy atom. The number of phosphoric ester groups is 1. The molecule has 0 spiro atoms. The second-order valence-corrected chi connectivity index (χ2v) is 15.2. The van der Waals surface area contributed by atoms with Crippen LogP contribution in [0.3, 0.4) is 0 Å². The molecule has 0 aliphatic carbocycles. The summed E-state index contributed by atoms with van der Waals surface area (Å²) in [6, 6.07) is 8.32. The van der Waals surface area contributed by atoms with E-state index in [-0.39, 0.29) is 15.9 Å². The molecule has 2 aromatic heterocycles. The van der Waals surface area contributed by atoms with Crippen molar-refractivity contribution >= 4 is 53.1 Å². The molecule has 7 N–H and O–H groups in total. The van der Waals surface area contributed by atoms with Gasteiger partial charge in [-0.3, -0.25) is 23.0 Å². The topological polar surface area (TPSA) is 265 Å². The molecule has 0 radical (unpaired) electrons. The van der Waals surface area contributed by atoms with Gasteiger partial charge in [-0.2, -0.15) is 0 Å². The minimum absolute atomic E-state index is 0.0593. The zero-order chi connectivity index (χ0) is 31.3. The average Bonchev–Trinajstić information content (AvgIpc) is 3.52. The molecule has 5 rings (SSSR count). The third kappa shape index (κ3) is 6.99. The Hall–Kier alpha value is -1.58. The van der Waals surface area contributed by atoms with Gasteiger partial charge in [-0.05, 0) is 39.4 Å². The van der Waals surface area contributed by atoms with Crippen molar-refractivity contribution in [2.75, 3.05) is 13.2 Å². The number of imidazole rings is 1. The average molecular weight is 731 g/mol. The number of fused-ring (bicyclic) bond motifs is 1. The molecule has 22 heteroatoms. The van der Waals surface area contributed by atoms with Crippen molar-refractivity contribution in [1.82, 2.24) is 19.1 Å². The van der Waals surface area contributed by atoms with Gasteiger partial charge >= 0.3 is 14.6 Å². The second-order valence-electron chi connectivity index (χ2n) is 9.43. The lowest BCUT2D eigenvalue weighted by molar-refractivity contribution is -0.0541. The summed E-state index contributed by atoms with van der Waals surface area (Å²) in [5.74, 6) is 0. The maximum absolute atomic E-state index is 13.3. The van der Waals surface area contributed by atoms with Crippen molar-refractivity contribution in [3.63, 3.8) is 0 Å². The fraction of sp³-hybridized carbons (Fsp3) is 0.476. The van der Waals surface area contributed by atoms with Gasteiger partial charge in [0, 0.05) is 4.90 Å². The first kappa shape index (κ1) is 32.8. The Labute approximate surface area is 253 Å². The summed E-state index contributed by atoms with van der Waals surface area (Å²) in [6.07, 6.45) is -11.2. The Balaban J connectivity index is 1.34. The number of aliphatic hydroxyl groups excluding tert-OH is 4. The van der Waals surface area contributed by atoms with E-state index in [1.54, 1.807) is 30.3 Å². The van der Waals surface area contributed by atoms with E-state index in [1.807, 2.05) is 0 Å². The van der Waals surface area contributed by atoms with Crippen LogP contribution >= 0.6 is 41.9 Å². The Morgan fingerprint density at radius 3 is 2.12 bits per heavy atom. The minimum atomic E-state index is -4.91. The molecule has 43 heavy (non-hydrogen) atoms.